The van der Waals surface area contributed by atoms with E-state index in [1.165, 1.54) is 0 Å². The number of hydrogen-bond acceptors (Lipinski definition) is 7. The first kappa shape index (κ1) is 26.4. The summed E-state index contributed by atoms with van der Waals surface area (Å²) in [6, 6.07) is 11.4. The van der Waals surface area contributed by atoms with E-state index in [9.17, 15) is 14.4 Å². The van der Waals surface area contributed by atoms with E-state index in [4.69, 9.17) is 14.6 Å². The van der Waals surface area contributed by atoms with Gasteiger partial charge < -0.3 is 14.6 Å². The molecule has 0 unspecified atom stereocenters. The molecule has 1 N–H and O–H groups in total. The summed E-state index contributed by atoms with van der Waals surface area (Å²) in [7, 11) is 0. The van der Waals surface area contributed by atoms with Crippen LogP contribution in [0.5, 0.6) is 0 Å². The average Bonchev–Trinajstić information content (AvgIpc) is 3.53. The summed E-state index contributed by atoms with van der Waals surface area (Å²) in [5.74, 6) is -0.765. The molecule has 1 aromatic carbocycles. The number of hydrogen-bond donors (Lipinski definition) is 1. The number of carbonyl (C=O) groups is 3. The SMILES string of the molecule is O=C(O)CC/C=C\CC[C@H]1[C@@H](OCC(=O)c2ccc(-c3cccs3)cc2)CC(=O)[C@@H]1N1CCOCC1. The van der Waals surface area contributed by atoms with Crippen LogP contribution in [-0.2, 0) is 19.1 Å². The summed E-state index contributed by atoms with van der Waals surface area (Å²) >= 11 is 1.66. The highest BCUT2D eigenvalue weighted by Gasteiger charge is 2.45. The summed E-state index contributed by atoms with van der Waals surface area (Å²) in [6.45, 7) is 2.58. The maximum absolute atomic E-state index is 13.0. The van der Waals surface area contributed by atoms with Crippen LogP contribution >= 0.6 is 11.3 Å². The van der Waals surface area contributed by atoms with Gasteiger partial charge in [0.2, 0.25) is 0 Å². The van der Waals surface area contributed by atoms with Crippen LogP contribution in [0.15, 0.2) is 53.9 Å². The normalized spacial score (nSPS) is 22.9. The molecule has 2 aromatic rings. The highest BCUT2D eigenvalue weighted by atomic mass is 32.1. The molecule has 0 bridgehead atoms. The van der Waals surface area contributed by atoms with Crippen molar-refractivity contribution >= 4 is 28.9 Å². The molecule has 36 heavy (non-hydrogen) atoms. The van der Waals surface area contributed by atoms with Crippen molar-refractivity contribution in [2.45, 2.75) is 44.2 Å². The molecule has 4 rings (SSSR count). The third-order valence-electron chi connectivity index (χ3n) is 6.85. The van der Waals surface area contributed by atoms with E-state index < -0.39 is 5.97 Å². The minimum absolute atomic E-state index is 0.0197. The van der Waals surface area contributed by atoms with Crippen LogP contribution < -0.4 is 0 Å². The molecule has 1 aliphatic carbocycles. The molecule has 7 nitrogen and oxygen atoms in total. The standard InChI is InChI=1S/C28H33NO6S/c30-23-18-25(35-19-24(31)20-9-11-21(12-10-20)26-7-5-17-36-26)22(6-3-1-2-4-8-27(32)33)28(23)29-13-15-34-16-14-29/h1-2,5,7,9-12,17,22,25,28H,3-4,6,8,13-16,18-19H2,(H,32,33)/b2-1-/t22-,25-,28+/m0/s1. The predicted molar refractivity (Wildman–Crippen MR) is 138 cm³/mol. The molecule has 2 aliphatic rings. The number of carbonyl (C=O) groups excluding carboxylic acids is 2. The van der Waals surface area contributed by atoms with Crippen molar-refractivity contribution in [3.63, 3.8) is 0 Å². The number of Topliss-reactive ketones (excluding diaryl/α,β-unsaturated/α-hetero) is 2. The van der Waals surface area contributed by atoms with Crippen LogP contribution in [-0.4, -0.2) is 72.6 Å². The lowest BCUT2D eigenvalue weighted by atomic mass is 9.93. The number of benzene rings is 1. The maximum Gasteiger partial charge on any atom is 0.303 e. The average molecular weight is 512 g/mol. The number of ether oxygens (including phenoxy) is 2. The van der Waals surface area contributed by atoms with Crippen molar-refractivity contribution < 1.29 is 29.0 Å². The van der Waals surface area contributed by atoms with Crippen molar-refractivity contribution in [1.82, 2.24) is 4.90 Å². The van der Waals surface area contributed by atoms with Crippen molar-refractivity contribution in [1.29, 1.82) is 0 Å². The Bertz CT molecular complexity index is 1040. The molecule has 1 saturated heterocycles. The van der Waals surface area contributed by atoms with E-state index in [1.807, 2.05) is 53.9 Å². The first-order chi connectivity index (χ1) is 17.5. The number of rotatable bonds is 12. The van der Waals surface area contributed by atoms with Gasteiger partial charge in [0.25, 0.3) is 0 Å². The summed E-state index contributed by atoms with van der Waals surface area (Å²) in [5, 5.41) is 10.8. The van der Waals surface area contributed by atoms with E-state index >= 15 is 0 Å². The van der Waals surface area contributed by atoms with Gasteiger partial charge in [-0.1, -0.05) is 42.5 Å². The van der Waals surface area contributed by atoms with E-state index in [2.05, 4.69) is 4.90 Å². The monoisotopic (exact) mass is 511 g/mol. The third-order valence-corrected chi connectivity index (χ3v) is 7.77. The predicted octanol–water partition coefficient (Wildman–Crippen LogP) is 4.47. The second kappa shape index (κ2) is 13.1. The van der Waals surface area contributed by atoms with Crippen molar-refractivity contribution in [2.24, 2.45) is 5.92 Å². The van der Waals surface area contributed by atoms with Gasteiger partial charge in [-0.25, -0.2) is 0 Å². The number of aliphatic carboxylic acids is 1. The fraction of sp³-hybridized carbons (Fsp3) is 0.464. The van der Waals surface area contributed by atoms with Gasteiger partial charge >= 0.3 is 5.97 Å². The number of allylic oxidation sites excluding steroid dienone is 2. The lowest BCUT2D eigenvalue weighted by Crippen LogP contribution is -2.49. The summed E-state index contributed by atoms with van der Waals surface area (Å²) in [6.07, 6.45) is 5.94. The minimum atomic E-state index is -0.812. The fourth-order valence-electron chi connectivity index (χ4n) is 5.03. The van der Waals surface area contributed by atoms with E-state index in [0.29, 0.717) is 44.7 Å². The Balaban J connectivity index is 1.37. The van der Waals surface area contributed by atoms with Gasteiger partial charge in [-0.2, -0.15) is 0 Å². The molecule has 8 heteroatoms. The van der Waals surface area contributed by atoms with Crippen LogP contribution in [0, 0.1) is 5.92 Å². The third kappa shape index (κ3) is 6.97. The largest absolute Gasteiger partial charge is 0.481 e. The molecular formula is C28H33NO6S. The zero-order valence-electron chi connectivity index (χ0n) is 20.3. The molecule has 0 spiro atoms. The smallest absolute Gasteiger partial charge is 0.303 e. The zero-order valence-corrected chi connectivity index (χ0v) is 21.2. The second-order valence-electron chi connectivity index (χ2n) is 9.24. The first-order valence-corrected chi connectivity index (χ1v) is 13.4. The van der Waals surface area contributed by atoms with Crippen molar-refractivity contribution in [3.8, 4) is 10.4 Å². The number of ketones is 2. The highest BCUT2D eigenvalue weighted by Crippen LogP contribution is 2.34. The van der Waals surface area contributed by atoms with Gasteiger partial charge in [-0.05, 0) is 36.3 Å². The van der Waals surface area contributed by atoms with Gasteiger partial charge in [0, 0.05) is 42.3 Å². The van der Waals surface area contributed by atoms with Crippen LogP contribution in [0.2, 0.25) is 0 Å². The first-order valence-electron chi connectivity index (χ1n) is 12.5. The Kier molecular flexibility index (Phi) is 9.58. The lowest BCUT2D eigenvalue weighted by Gasteiger charge is -2.35. The van der Waals surface area contributed by atoms with Gasteiger partial charge in [0.05, 0.1) is 25.4 Å². The number of carboxylic acid groups (broad SMARTS) is 1. The second-order valence-corrected chi connectivity index (χ2v) is 10.2. The van der Waals surface area contributed by atoms with Gasteiger partial charge in [-0.15, -0.1) is 11.3 Å². The Morgan fingerprint density at radius 1 is 1.11 bits per heavy atom. The number of nitrogens with zero attached hydrogens (tertiary/aromatic N) is 1. The Labute approximate surface area is 215 Å². The molecule has 1 aliphatic heterocycles. The van der Waals surface area contributed by atoms with E-state index in [1.54, 1.807) is 11.3 Å². The van der Waals surface area contributed by atoms with E-state index in [0.717, 1.165) is 23.3 Å². The van der Waals surface area contributed by atoms with Crippen molar-refractivity contribution in [2.75, 3.05) is 32.9 Å². The maximum atomic E-state index is 13.0. The molecule has 2 heterocycles. The fourth-order valence-corrected chi connectivity index (χ4v) is 5.76. The van der Waals surface area contributed by atoms with Crippen LogP contribution in [0.4, 0.5) is 0 Å². The number of thiophene rings is 1. The topological polar surface area (TPSA) is 93.1 Å². The number of morpholine rings is 1. The molecule has 192 valence electrons. The van der Waals surface area contributed by atoms with E-state index in [-0.39, 0.29) is 42.7 Å². The summed E-state index contributed by atoms with van der Waals surface area (Å²) in [4.78, 5) is 40.0. The molecule has 0 radical (unpaired) electrons. The molecular weight excluding hydrogens is 478 g/mol. The van der Waals surface area contributed by atoms with Gasteiger partial charge in [0.15, 0.2) is 11.6 Å². The summed E-state index contributed by atoms with van der Waals surface area (Å²) in [5.41, 5.74) is 1.68. The Hall–Kier alpha value is -2.65. The molecule has 2 fully saturated rings. The molecule has 3 atom stereocenters. The highest BCUT2D eigenvalue weighted by molar-refractivity contribution is 7.13. The quantitative estimate of drug-likeness (QED) is 0.332. The Morgan fingerprint density at radius 3 is 2.56 bits per heavy atom. The number of carboxylic acids is 1. The lowest BCUT2D eigenvalue weighted by molar-refractivity contribution is -0.136. The summed E-state index contributed by atoms with van der Waals surface area (Å²) < 4.78 is 11.6. The van der Waals surface area contributed by atoms with Crippen LogP contribution in [0.1, 0.15) is 42.5 Å². The molecule has 0 amide bonds. The van der Waals surface area contributed by atoms with Crippen LogP contribution in [0.3, 0.4) is 0 Å². The molecule has 1 aromatic heterocycles. The zero-order chi connectivity index (χ0) is 25.3. The van der Waals surface area contributed by atoms with Crippen molar-refractivity contribution in [3.05, 3.63) is 59.5 Å². The minimum Gasteiger partial charge on any atom is -0.481 e. The van der Waals surface area contributed by atoms with Gasteiger partial charge in [-0.3, -0.25) is 19.3 Å². The molecule has 1 saturated carbocycles. The Morgan fingerprint density at radius 2 is 1.86 bits per heavy atom. The van der Waals surface area contributed by atoms with Crippen LogP contribution in [0.25, 0.3) is 10.4 Å². The van der Waals surface area contributed by atoms with Gasteiger partial charge in [0.1, 0.15) is 6.61 Å².